The summed E-state index contributed by atoms with van der Waals surface area (Å²) in [6, 6.07) is 10.6. The molecule has 1 rings (SSSR count). The van der Waals surface area contributed by atoms with Crippen molar-refractivity contribution in [3.63, 3.8) is 0 Å². The van der Waals surface area contributed by atoms with Crippen LogP contribution in [0.15, 0.2) is 35.3 Å². The summed E-state index contributed by atoms with van der Waals surface area (Å²) in [6.45, 7) is 3.02. The van der Waals surface area contributed by atoms with Crippen LogP contribution in [0.1, 0.15) is 6.92 Å². The second-order valence-corrected chi connectivity index (χ2v) is 3.63. The van der Waals surface area contributed by atoms with Gasteiger partial charge >= 0.3 is 0 Å². The third-order valence-corrected chi connectivity index (χ3v) is 2.19. The van der Waals surface area contributed by atoms with E-state index < -0.39 is 0 Å². The molecular weight excluding hydrogens is 186 g/mol. The number of benzene rings is 1. The lowest BCUT2D eigenvalue weighted by molar-refractivity contribution is 0.719. The van der Waals surface area contributed by atoms with Crippen LogP contribution in [-0.4, -0.2) is 33.0 Å². The molecule has 3 nitrogen and oxygen atoms in total. The number of para-hydroxylation sites is 1. The third-order valence-electron chi connectivity index (χ3n) is 2.19. The van der Waals surface area contributed by atoms with Crippen molar-refractivity contribution in [2.45, 2.75) is 13.0 Å². The van der Waals surface area contributed by atoms with Gasteiger partial charge in [0.25, 0.3) is 0 Å². The average molecular weight is 205 g/mol. The van der Waals surface area contributed by atoms with Crippen LogP contribution in [-0.2, 0) is 0 Å². The number of hydrogen-bond donors (Lipinski definition) is 1. The molecule has 15 heavy (non-hydrogen) atoms. The lowest BCUT2D eigenvalue weighted by Crippen LogP contribution is -2.26. The first-order valence-electron chi connectivity index (χ1n) is 5.19. The number of anilines is 1. The van der Waals surface area contributed by atoms with Gasteiger partial charge in [0.1, 0.15) is 0 Å². The first-order chi connectivity index (χ1) is 7.24. The van der Waals surface area contributed by atoms with Gasteiger partial charge in [-0.05, 0) is 19.1 Å². The van der Waals surface area contributed by atoms with E-state index in [1.165, 1.54) is 5.69 Å². The SMILES string of the molecule is CN/C=N/C(C)CN(C)c1ccccc1. The molecule has 82 valence electrons. The molecule has 1 aromatic rings. The van der Waals surface area contributed by atoms with Gasteiger partial charge < -0.3 is 10.2 Å². The molecular formula is C12H19N3. The van der Waals surface area contributed by atoms with Crippen molar-refractivity contribution < 1.29 is 0 Å². The predicted octanol–water partition coefficient (Wildman–Crippen LogP) is 1.76. The van der Waals surface area contributed by atoms with E-state index in [0.717, 1.165) is 6.54 Å². The number of rotatable bonds is 5. The van der Waals surface area contributed by atoms with E-state index in [1.54, 1.807) is 6.34 Å². The summed E-state index contributed by atoms with van der Waals surface area (Å²) < 4.78 is 0. The van der Waals surface area contributed by atoms with Crippen molar-refractivity contribution in [3.8, 4) is 0 Å². The molecule has 0 bridgehead atoms. The van der Waals surface area contributed by atoms with Gasteiger partial charge in [-0.1, -0.05) is 18.2 Å². The maximum atomic E-state index is 4.33. The van der Waals surface area contributed by atoms with Crippen LogP contribution in [0.3, 0.4) is 0 Å². The van der Waals surface area contributed by atoms with Gasteiger partial charge in [-0.15, -0.1) is 0 Å². The minimum absolute atomic E-state index is 0.294. The Morgan fingerprint density at radius 1 is 1.40 bits per heavy atom. The van der Waals surface area contributed by atoms with Crippen LogP contribution >= 0.6 is 0 Å². The van der Waals surface area contributed by atoms with Gasteiger partial charge in [-0.25, -0.2) is 0 Å². The highest BCUT2D eigenvalue weighted by Gasteiger charge is 2.04. The molecule has 0 aliphatic rings. The molecule has 0 saturated carbocycles. The number of likely N-dealkylation sites (N-methyl/N-ethyl adjacent to an activating group) is 1. The summed E-state index contributed by atoms with van der Waals surface area (Å²) in [7, 11) is 3.94. The molecule has 1 N–H and O–H groups in total. The molecule has 0 spiro atoms. The molecule has 1 atom stereocenters. The standard InChI is InChI=1S/C12H19N3/c1-11(14-10-13-2)9-15(3)12-7-5-4-6-8-12/h4-8,10-11H,9H2,1-3H3,(H,13,14). The molecule has 0 radical (unpaired) electrons. The molecule has 3 heteroatoms. The molecule has 0 aliphatic heterocycles. The van der Waals surface area contributed by atoms with Crippen molar-refractivity contribution in [1.29, 1.82) is 0 Å². The van der Waals surface area contributed by atoms with Crippen LogP contribution in [0.4, 0.5) is 5.69 Å². The van der Waals surface area contributed by atoms with Gasteiger partial charge in [0.15, 0.2) is 0 Å². The summed E-state index contributed by atoms with van der Waals surface area (Å²) in [4.78, 5) is 6.54. The van der Waals surface area contributed by atoms with Crippen molar-refractivity contribution in [2.24, 2.45) is 4.99 Å². The maximum Gasteiger partial charge on any atom is 0.0825 e. The van der Waals surface area contributed by atoms with Crippen LogP contribution in [0.2, 0.25) is 0 Å². The Bertz CT molecular complexity index is 295. The van der Waals surface area contributed by atoms with Crippen molar-refractivity contribution in [2.75, 3.05) is 25.5 Å². The highest BCUT2D eigenvalue weighted by atomic mass is 15.1. The number of aliphatic imine (C=N–C) groups is 1. The highest BCUT2D eigenvalue weighted by molar-refractivity contribution is 5.54. The van der Waals surface area contributed by atoms with Gasteiger partial charge in [0.2, 0.25) is 0 Å². The zero-order chi connectivity index (χ0) is 11.1. The number of nitrogens with zero attached hydrogens (tertiary/aromatic N) is 2. The Morgan fingerprint density at radius 3 is 2.67 bits per heavy atom. The fourth-order valence-corrected chi connectivity index (χ4v) is 1.43. The average Bonchev–Trinajstić information content (AvgIpc) is 2.27. The van der Waals surface area contributed by atoms with Gasteiger partial charge in [-0.3, -0.25) is 4.99 Å². The lowest BCUT2D eigenvalue weighted by Gasteiger charge is -2.21. The molecule has 0 aliphatic carbocycles. The second kappa shape index (κ2) is 6.06. The minimum atomic E-state index is 0.294. The van der Waals surface area contributed by atoms with E-state index in [0.29, 0.717) is 6.04 Å². The first-order valence-corrected chi connectivity index (χ1v) is 5.19. The Hall–Kier alpha value is -1.51. The van der Waals surface area contributed by atoms with Crippen LogP contribution in [0.25, 0.3) is 0 Å². The molecule has 0 fully saturated rings. The fourth-order valence-electron chi connectivity index (χ4n) is 1.43. The molecule has 0 saturated heterocycles. The smallest absolute Gasteiger partial charge is 0.0825 e. The Labute approximate surface area is 91.8 Å². The normalized spacial score (nSPS) is 12.7. The maximum absolute atomic E-state index is 4.33. The molecule has 0 heterocycles. The fraction of sp³-hybridized carbons (Fsp3) is 0.417. The van der Waals surface area contributed by atoms with Crippen LogP contribution < -0.4 is 10.2 Å². The van der Waals surface area contributed by atoms with E-state index in [2.05, 4.69) is 41.3 Å². The van der Waals surface area contributed by atoms with E-state index in [4.69, 9.17) is 0 Å². The summed E-state index contributed by atoms with van der Waals surface area (Å²) in [6.07, 6.45) is 1.74. The third kappa shape index (κ3) is 4.02. The molecule has 0 aromatic heterocycles. The van der Waals surface area contributed by atoms with E-state index in [1.807, 2.05) is 25.2 Å². The quantitative estimate of drug-likeness (QED) is 0.586. The van der Waals surface area contributed by atoms with Crippen LogP contribution in [0, 0.1) is 0 Å². The molecule has 1 unspecified atom stereocenters. The summed E-state index contributed by atoms with van der Waals surface area (Å²) in [5.74, 6) is 0. The molecule has 1 aromatic carbocycles. The highest BCUT2D eigenvalue weighted by Crippen LogP contribution is 2.11. The van der Waals surface area contributed by atoms with Crippen LogP contribution in [0.5, 0.6) is 0 Å². The zero-order valence-electron chi connectivity index (χ0n) is 9.64. The second-order valence-electron chi connectivity index (χ2n) is 3.63. The Balaban J connectivity index is 2.49. The summed E-state index contributed by atoms with van der Waals surface area (Å²) in [5.41, 5.74) is 1.23. The zero-order valence-corrected chi connectivity index (χ0v) is 9.64. The largest absolute Gasteiger partial charge is 0.380 e. The van der Waals surface area contributed by atoms with E-state index >= 15 is 0 Å². The van der Waals surface area contributed by atoms with Crippen molar-refractivity contribution in [3.05, 3.63) is 30.3 Å². The van der Waals surface area contributed by atoms with Crippen molar-refractivity contribution >= 4 is 12.0 Å². The van der Waals surface area contributed by atoms with E-state index in [-0.39, 0.29) is 0 Å². The molecule has 0 amide bonds. The monoisotopic (exact) mass is 205 g/mol. The Kier molecular flexibility index (Phi) is 4.68. The van der Waals surface area contributed by atoms with Gasteiger partial charge in [-0.2, -0.15) is 0 Å². The lowest BCUT2D eigenvalue weighted by atomic mass is 10.2. The van der Waals surface area contributed by atoms with Crippen molar-refractivity contribution in [1.82, 2.24) is 5.32 Å². The van der Waals surface area contributed by atoms with Gasteiger partial charge in [0.05, 0.1) is 12.4 Å². The number of nitrogens with one attached hydrogen (secondary N) is 1. The Morgan fingerprint density at radius 2 is 2.07 bits per heavy atom. The number of hydrogen-bond acceptors (Lipinski definition) is 2. The van der Waals surface area contributed by atoms with Gasteiger partial charge in [0, 0.05) is 26.3 Å². The van der Waals surface area contributed by atoms with E-state index in [9.17, 15) is 0 Å². The minimum Gasteiger partial charge on any atom is -0.380 e. The summed E-state index contributed by atoms with van der Waals surface area (Å²) >= 11 is 0. The topological polar surface area (TPSA) is 27.6 Å². The predicted molar refractivity (Wildman–Crippen MR) is 66.7 cm³/mol. The summed E-state index contributed by atoms with van der Waals surface area (Å²) in [5, 5.41) is 2.90. The first kappa shape index (κ1) is 11.6.